The fourth-order valence-corrected chi connectivity index (χ4v) is 3.37. The van der Waals surface area contributed by atoms with Crippen LogP contribution in [0.4, 0.5) is 5.82 Å². The molecule has 0 N–H and O–H groups in total. The minimum absolute atomic E-state index is 0.353. The van der Waals surface area contributed by atoms with Gasteiger partial charge in [-0.2, -0.15) is 5.10 Å². The molecule has 3 aromatic rings. The zero-order chi connectivity index (χ0) is 17.2. The minimum Gasteiger partial charge on any atom is -0.354 e. The van der Waals surface area contributed by atoms with Gasteiger partial charge >= 0.3 is 0 Å². The van der Waals surface area contributed by atoms with Crippen molar-refractivity contribution in [1.82, 2.24) is 34.5 Å². The van der Waals surface area contributed by atoms with Crippen molar-refractivity contribution < 1.29 is 0 Å². The Morgan fingerprint density at radius 2 is 2.08 bits per heavy atom. The van der Waals surface area contributed by atoms with Gasteiger partial charge in [-0.3, -0.25) is 0 Å². The quantitative estimate of drug-likeness (QED) is 0.718. The number of imidazole rings is 1. The summed E-state index contributed by atoms with van der Waals surface area (Å²) in [6, 6.07) is 4.06. The number of anilines is 1. The summed E-state index contributed by atoms with van der Waals surface area (Å²) in [5, 5.41) is 17.4. The third-order valence-corrected chi connectivity index (χ3v) is 4.78. The van der Waals surface area contributed by atoms with E-state index in [-0.39, 0.29) is 0 Å². The third-order valence-electron chi connectivity index (χ3n) is 4.78. The van der Waals surface area contributed by atoms with Crippen molar-refractivity contribution in [2.75, 3.05) is 18.0 Å². The van der Waals surface area contributed by atoms with Crippen molar-refractivity contribution >= 4 is 5.82 Å². The second-order valence-electron chi connectivity index (χ2n) is 6.59. The van der Waals surface area contributed by atoms with Gasteiger partial charge in [-0.25, -0.2) is 4.98 Å². The van der Waals surface area contributed by atoms with E-state index in [1.165, 1.54) is 0 Å². The fraction of sp³-hybridized carbons (Fsp3) is 0.471. The highest BCUT2D eigenvalue weighted by Crippen LogP contribution is 2.28. The van der Waals surface area contributed by atoms with Gasteiger partial charge in [0.2, 0.25) is 0 Å². The number of hydrogen-bond acceptors (Lipinski definition) is 6. The summed E-state index contributed by atoms with van der Waals surface area (Å²) in [4.78, 5) is 6.38. The number of aryl methyl sites for hydroxylation is 1. The van der Waals surface area contributed by atoms with E-state index in [2.05, 4.69) is 34.8 Å². The predicted octanol–water partition coefficient (Wildman–Crippen LogP) is 1.54. The van der Waals surface area contributed by atoms with Crippen LogP contribution in [-0.4, -0.2) is 47.6 Å². The SMILES string of the molecule is Cc1ccc(N2CCC[C@@H](c3nnc(Cn4ccnc4)n3C)C2)nn1. The molecule has 8 nitrogen and oxygen atoms in total. The van der Waals surface area contributed by atoms with Gasteiger partial charge in [0.25, 0.3) is 0 Å². The maximum Gasteiger partial charge on any atom is 0.152 e. The predicted molar refractivity (Wildman–Crippen MR) is 93.3 cm³/mol. The average molecular weight is 338 g/mol. The summed E-state index contributed by atoms with van der Waals surface area (Å²) in [5.41, 5.74) is 0.940. The summed E-state index contributed by atoms with van der Waals surface area (Å²) in [5.74, 6) is 3.28. The largest absolute Gasteiger partial charge is 0.354 e. The van der Waals surface area contributed by atoms with E-state index in [9.17, 15) is 0 Å². The van der Waals surface area contributed by atoms with Gasteiger partial charge in [-0.05, 0) is 31.9 Å². The van der Waals surface area contributed by atoms with Crippen molar-refractivity contribution in [2.45, 2.75) is 32.2 Å². The number of aromatic nitrogens is 7. The Labute approximate surface area is 146 Å². The molecular formula is C17H22N8. The van der Waals surface area contributed by atoms with Gasteiger partial charge in [0.05, 0.1) is 18.6 Å². The van der Waals surface area contributed by atoms with Crippen LogP contribution < -0.4 is 4.90 Å². The van der Waals surface area contributed by atoms with E-state index >= 15 is 0 Å². The van der Waals surface area contributed by atoms with E-state index < -0.39 is 0 Å². The lowest BCUT2D eigenvalue weighted by Crippen LogP contribution is -2.36. The van der Waals surface area contributed by atoms with Crippen molar-refractivity contribution in [3.05, 3.63) is 48.2 Å². The van der Waals surface area contributed by atoms with E-state index in [4.69, 9.17) is 0 Å². The van der Waals surface area contributed by atoms with Crippen molar-refractivity contribution in [3.8, 4) is 0 Å². The zero-order valence-electron chi connectivity index (χ0n) is 14.6. The van der Waals surface area contributed by atoms with Crippen molar-refractivity contribution in [3.63, 3.8) is 0 Å². The highest BCUT2D eigenvalue weighted by Gasteiger charge is 2.26. The molecule has 1 atom stereocenters. The Bertz CT molecular complexity index is 821. The Morgan fingerprint density at radius 3 is 2.84 bits per heavy atom. The molecule has 130 valence electrons. The summed E-state index contributed by atoms with van der Waals surface area (Å²) in [6.07, 6.45) is 7.75. The summed E-state index contributed by atoms with van der Waals surface area (Å²) < 4.78 is 4.12. The van der Waals surface area contributed by atoms with Crippen LogP contribution in [0.5, 0.6) is 0 Å². The molecule has 3 aromatic heterocycles. The van der Waals surface area contributed by atoms with E-state index in [0.29, 0.717) is 12.5 Å². The number of nitrogens with zero attached hydrogens (tertiary/aromatic N) is 8. The van der Waals surface area contributed by atoms with E-state index in [1.807, 2.05) is 36.9 Å². The average Bonchev–Trinajstić information content (AvgIpc) is 3.27. The molecule has 0 radical (unpaired) electrons. The second-order valence-corrected chi connectivity index (χ2v) is 6.59. The Balaban J connectivity index is 1.51. The maximum absolute atomic E-state index is 4.48. The molecule has 0 spiro atoms. The van der Waals surface area contributed by atoms with Gasteiger partial charge in [0, 0.05) is 38.4 Å². The Hall–Kier alpha value is -2.77. The summed E-state index contributed by atoms with van der Waals surface area (Å²) >= 11 is 0. The smallest absolute Gasteiger partial charge is 0.152 e. The number of piperidine rings is 1. The highest BCUT2D eigenvalue weighted by molar-refractivity contribution is 5.38. The molecule has 1 saturated heterocycles. The second kappa shape index (κ2) is 6.62. The van der Waals surface area contributed by atoms with E-state index in [1.54, 1.807) is 12.5 Å². The molecule has 4 heterocycles. The lowest BCUT2D eigenvalue weighted by Gasteiger charge is -2.32. The Kier molecular flexibility index (Phi) is 4.17. The van der Waals surface area contributed by atoms with Crippen LogP contribution in [0, 0.1) is 6.92 Å². The lowest BCUT2D eigenvalue weighted by molar-refractivity contribution is 0.474. The standard InChI is InChI=1S/C17H22N8/c1-13-5-6-15(20-19-13)25-8-3-4-14(10-25)17-22-21-16(23(17)2)11-24-9-7-18-12-24/h5-7,9,12,14H,3-4,8,10-11H2,1-2H3/t14-/m1/s1. The van der Waals surface area contributed by atoms with Crippen LogP contribution in [0.25, 0.3) is 0 Å². The van der Waals surface area contributed by atoms with E-state index in [0.717, 1.165) is 49.1 Å². The van der Waals surface area contributed by atoms with Crippen LogP contribution in [-0.2, 0) is 13.6 Å². The lowest BCUT2D eigenvalue weighted by atomic mass is 9.97. The summed E-state index contributed by atoms with van der Waals surface area (Å²) in [7, 11) is 2.05. The first-order valence-electron chi connectivity index (χ1n) is 8.60. The first kappa shape index (κ1) is 15.7. The molecule has 1 aliphatic heterocycles. The maximum atomic E-state index is 4.48. The monoisotopic (exact) mass is 338 g/mol. The molecule has 25 heavy (non-hydrogen) atoms. The van der Waals surface area contributed by atoms with Crippen LogP contribution in [0.2, 0.25) is 0 Å². The molecule has 1 aliphatic rings. The molecule has 1 fully saturated rings. The molecule has 4 rings (SSSR count). The topological polar surface area (TPSA) is 77.5 Å². The molecule has 0 amide bonds. The Morgan fingerprint density at radius 1 is 1.16 bits per heavy atom. The molecule has 0 bridgehead atoms. The fourth-order valence-electron chi connectivity index (χ4n) is 3.37. The van der Waals surface area contributed by atoms with Gasteiger partial charge < -0.3 is 14.0 Å². The number of rotatable bonds is 4. The molecule has 0 unspecified atom stereocenters. The first-order chi connectivity index (χ1) is 12.2. The van der Waals surface area contributed by atoms with Crippen LogP contribution in [0.1, 0.15) is 36.1 Å². The van der Waals surface area contributed by atoms with Crippen LogP contribution >= 0.6 is 0 Å². The van der Waals surface area contributed by atoms with Crippen molar-refractivity contribution in [1.29, 1.82) is 0 Å². The van der Waals surface area contributed by atoms with Crippen LogP contribution in [0.3, 0.4) is 0 Å². The normalized spacial score (nSPS) is 17.8. The molecule has 0 aliphatic carbocycles. The minimum atomic E-state index is 0.353. The van der Waals surface area contributed by atoms with Gasteiger partial charge in [-0.15, -0.1) is 15.3 Å². The third kappa shape index (κ3) is 3.24. The molecule has 0 saturated carbocycles. The highest BCUT2D eigenvalue weighted by atomic mass is 15.3. The molecule has 8 heteroatoms. The van der Waals surface area contributed by atoms with Gasteiger partial charge in [0.1, 0.15) is 5.82 Å². The molecular weight excluding hydrogens is 316 g/mol. The molecule has 0 aromatic carbocycles. The van der Waals surface area contributed by atoms with Crippen LogP contribution in [0.15, 0.2) is 30.9 Å². The zero-order valence-corrected chi connectivity index (χ0v) is 14.6. The van der Waals surface area contributed by atoms with Crippen molar-refractivity contribution in [2.24, 2.45) is 7.05 Å². The first-order valence-corrected chi connectivity index (χ1v) is 8.60. The summed E-state index contributed by atoms with van der Waals surface area (Å²) in [6.45, 7) is 4.54. The van der Waals surface area contributed by atoms with Gasteiger partial charge in [-0.1, -0.05) is 0 Å². The van der Waals surface area contributed by atoms with Gasteiger partial charge in [0.15, 0.2) is 11.6 Å². The number of hydrogen-bond donors (Lipinski definition) is 0.